The number of carbonyl (C=O) groups is 3. The largest absolute Gasteiger partial charge is 0.453 e. The Labute approximate surface area is 162 Å². The molecule has 0 heterocycles. The summed E-state index contributed by atoms with van der Waals surface area (Å²) in [5.41, 5.74) is 0.823. The maximum absolute atomic E-state index is 12.1. The predicted molar refractivity (Wildman–Crippen MR) is 102 cm³/mol. The number of sulfonamides is 1. The molecule has 0 aliphatic carbocycles. The Morgan fingerprint density at radius 2 is 1.61 bits per heavy atom. The number of rotatable bonds is 8. The highest BCUT2D eigenvalue weighted by atomic mass is 32.2. The summed E-state index contributed by atoms with van der Waals surface area (Å²) in [7, 11) is -3.82. The van der Waals surface area contributed by atoms with Crippen LogP contribution in [0.2, 0.25) is 0 Å². The highest BCUT2D eigenvalue weighted by Gasteiger charge is 2.19. The Morgan fingerprint density at radius 3 is 2.18 bits per heavy atom. The number of amides is 1. The van der Waals surface area contributed by atoms with Gasteiger partial charge < -0.3 is 10.1 Å². The summed E-state index contributed by atoms with van der Waals surface area (Å²) in [6.07, 6.45) is -1.25. The molecule has 0 aromatic heterocycles. The average molecular weight is 404 g/mol. The van der Waals surface area contributed by atoms with Crippen molar-refractivity contribution < 1.29 is 27.5 Å². The minimum atomic E-state index is -3.82. The second kappa shape index (κ2) is 9.25. The number of nitrogens with two attached hydrogens (primary N) is 1. The van der Waals surface area contributed by atoms with Crippen LogP contribution in [0.25, 0.3) is 0 Å². The molecular formula is C19H20N2O6S. The van der Waals surface area contributed by atoms with Crippen molar-refractivity contribution >= 4 is 33.4 Å². The Kier molecular flexibility index (Phi) is 7.02. The third-order valence-corrected chi connectivity index (χ3v) is 4.71. The monoisotopic (exact) mass is 404 g/mol. The summed E-state index contributed by atoms with van der Waals surface area (Å²) in [6, 6.07) is 13.8. The standard InChI is InChI=1S/C19H20N2O6S/c1-13(19(24)21-15-7-9-16(10-8-15)28(20,25)26)27-18(23)12-11-17(22)14-5-3-2-4-6-14/h2-10,13H,11-12H2,1H3,(H,21,24)(H2,20,25,26)/t13-/m0/s1. The fourth-order valence-corrected chi connectivity index (χ4v) is 2.78. The van der Waals surface area contributed by atoms with E-state index in [4.69, 9.17) is 9.88 Å². The van der Waals surface area contributed by atoms with E-state index < -0.39 is 28.0 Å². The molecule has 0 aliphatic heterocycles. The van der Waals surface area contributed by atoms with E-state index in [2.05, 4.69) is 5.32 Å². The first-order valence-electron chi connectivity index (χ1n) is 8.38. The molecule has 148 valence electrons. The number of ketones is 1. The minimum Gasteiger partial charge on any atom is -0.453 e. The first-order valence-corrected chi connectivity index (χ1v) is 9.93. The van der Waals surface area contributed by atoms with E-state index in [1.54, 1.807) is 30.3 Å². The smallest absolute Gasteiger partial charge is 0.307 e. The van der Waals surface area contributed by atoms with Gasteiger partial charge in [0, 0.05) is 17.7 Å². The zero-order valence-electron chi connectivity index (χ0n) is 15.1. The molecule has 3 N–H and O–H groups in total. The van der Waals surface area contributed by atoms with E-state index in [0.29, 0.717) is 11.3 Å². The lowest BCUT2D eigenvalue weighted by atomic mass is 10.1. The lowest BCUT2D eigenvalue weighted by molar-refractivity contribution is -0.153. The Bertz CT molecular complexity index is 956. The first-order chi connectivity index (χ1) is 13.2. The summed E-state index contributed by atoms with van der Waals surface area (Å²) in [6.45, 7) is 1.39. The molecule has 0 aliphatic rings. The molecule has 0 spiro atoms. The van der Waals surface area contributed by atoms with Crippen LogP contribution in [-0.4, -0.2) is 32.2 Å². The van der Waals surface area contributed by atoms with E-state index in [1.165, 1.54) is 31.2 Å². The summed E-state index contributed by atoms with van der Waals surface area (Å²) in [4.78, 5) is 35.8. The fraction of sp³-hybridized carbons (Fsp3) is 0.211. The molecule has 0 fully saturated rings. The van der Waals surface area contributed by atoms with Crippen LogP contribution in [0.5, 0.6) is 0 Å². The van der Waals surface area contributed by atoms with Gasteiger partial charge in [-0.1, -0.05) is 30.3 Å². The number of nitrogens with one attached hydrogen (secondary N) is 1. The SMILES string of the molecule is C[C@H](OC(=O)CCC(=O)c1ccccc1)C(=O)Nc1ccc(S(N)(=O)=O)cc1. The Hall–Kier alpha value is -3.04. The third-order valence-electron chi connectivity index (χ3n) is 3.78. The number of primary sulfonamides is 1. The van der Waals surface area contributed by atoms with Gasteiger partial charge in [0.1, 0.15) is 0 Å². The molecule has 1 amide bonds. The van der Waals surface area contributed by atoms with Crippen molar-refractivity contribution in [3.05, 3.63) is 60.2 Å². The molecule has 28 heavy (non-hydrogen) atoms. The van der Waals surface area contributed by atoms with Crippen molar-refractivity contribution in [3.8, 4) is 0 Å². The zero-order chi connectivity index (χ0) is 20.7. The van der Waals surface area contributed by atoms with Crippen molar-refractivity contribution in [2.24, 2.45) is 5.14 Å². The number of hydrogen-bond donors (Lipinski definition) is 2. The van der Waals surface area contributed by atoms with Gasteiger partial charge in [0.2, 0.25) is 10.0 Å². The minimum absolute atomic E-state index is 0.0216. The number of Topliss-reactive ketones (excluding diaryl/α,β-unsaturated/α-hetero) is 1. The summed E-state index contributed by atoms with van der Waals surface area (Å²) >= 11 is 0. The van der Waals surface area contributed by atoms with Gasteiger partial charge in [0.25, 0.3) is 5.91 Å². The van der Waals surface area contributed by atoms with Crippen LogP contribution in [0.15, 0.2) is 59.5 Å². The van der Waals surface area contributed by atoms with Gasteiger partial charge in [0.15, 0.2) is 11.9 Å². The highest BCUT2D eigenvalue weighted by Crippen LogP contribution is 2.13. The van der Waals surface area contributed by atoms with Crippen LogP contribution >= 0.6 is 0 Å². The van der Waals surface area contributed by atoms with Gasteiger partial charge in [-0.05, 0) is 31.2 Å². The van der Waals surface area contributed by atoms with Gasteiger partial charge in [-0.3, -0.25) is 14.4 Å². The van der Waals surface area contributed by atoms with Crippen molar-refractivity contribution in [2.75, 3.05) is 5.32 Å². The first kappa shape index (κ1) is 21.3. The fourth-order valence-electron chi connectivity index (χ4n) is 2.27. The molecule has 0 bridgehead atoms. The molecule has 2 aromatic rings. The van der Waals surface area contributed by atoms with Crippen molar-refractivity contribution in [1.82, 2.24) is 0 Å². The molecule has 0 saturated carbocycles. The second-order valence-electron chi connectivity index (χ2n) is 5.98. The molecule has 0 unspecified atom stereocenters. The molecule has 9 heteroatoms. The van der Waals surface area contributed by atoms with Gasteiger partial charge in [-0.2, -0.15) is 0 Å². The highest BCUT2D eigenvalue weighted by molar-refractivity contribution is 7.89. The van der Waals surface area contributed by atoms with Crippen LogP contribution in [0.3, 0.4) is 0 Å². The lowest BCUT2D eigenvalue weighted by Crippen LogP contribution is -2.30. The van der Waals surface area contributed by atoms with Crippen molar-refractivity contribution in [2.45, 2.75) is 30.8 Å². The van der Waals surface area contributed by atoms with Gasteiger partial charge in [0.05, 0.1) is 11.3 Å². The topological polar surface area (TPSA) is 133 Å². The van der Waals surface area contributed by atoms with E-state index in [0.717, 1.165) is 0 Å². The Balaban J connectivity index is 1.83. The van der Waals surface area contributed by atoms with E-state index in [-0.39, 0.29) is 23.5 Å². The quantitative estimate of drug-likeness (QED) is 0.510. The number of ether oxygens (including phenoxy) is 1. The average Bonchev–Trinajstić information content (AvgIpc) is 2.66. The molecule has 0 radical (unpaired) electrons. The predicted octanol–water partition coefficient (Wildman–Crippen LogP) is 1.87. The maximum Gasteiger partial charge on any atom is 0.307 e. The van der Waals surface area contributed by atoms with E-state index in [9.17, 15) is 22.8 Å². The van der Waals surface area contributed by atoms with E-state index >= 15 is 0 Å². The maximum atomic E-state index is 12.1. The molecule has 1 atom stereocenters. The summed E-state index contributed by atoms with van der Waals surface area (Å²) < 4.78 is 27.4. The van der Waals surface area contributed by atoms with Crippen molar-refractivity contribution in [1.29, 1.82) is 0 Å². The zero-order valence-corrected chi connectivity index (χ0v) is 15.9. The van der Waals surface area contributed by atoms with Crippen LogP contribution in [0, 0.1) is 0 Å². The van der Waals surface area contributed by atoms with Crippen molar-refractivity contribution in [3.63, 3.8) is 0 Å². The van der Waals surface area contributed by atoms with Crippen LogP contribution in [0.1, 0.15) is 30.1 Å². The van der Waals surface area contributed by atoms with Gasteiger partial charge in [-0.25, -0.2) is 13.6 Å². The van der Waals surface area contributed by atoms with Crippen LogP contribution < -0.4 is 10.5 Å². The molecule has 8 nitrogen and oxygen atoms in total. The van der Waals surface area contributed by atoms with Crippen LogP contribution in [-0.2, 0) is 24.3 Å². The summed E-state index contributed by atoms with van der Waals surface area (Å²) in [5, 5.41) is 7.50. The summed E-state index contributed by atoms with van der Waals surface area (Å²) in [5.74, 6) is -1.45. The van der Waals surface area contributed by atoms with Crippen LogP contribution in [0.4, 0.5) is 5.69 Å². The molecular weight excluding hydrogens is 384 g/mol. The number of esters is 1. The Morgan fingerprint density at radius 1 is 1.00 bits per heavy atom. The second-order valence-corrected chi connectivity index (χ2v) is 7.54. The number of carbonyl (C=O) groups excluding carboxylic acids is 3. The molecule has 2 aromatic carbocycles. The van der Waals surface area contributed by atoms with E-state index in [1.807, 2.05) is 0 Å². The molecule has 2 rings (SSSR count). The normalized spacial score (nSPS) is 12.1. The lowest BCUT2D eigenvalue weighted by Gasteiger charge is -2.13. The number of benzene rings is 2. The number of hydrogen-bond acceptors (Lipinski definition) is 6. The molecule has 0 saturated heterocycles. The van der Waals surface area contributed by atoms with Gasteiger partial charge >= 0.3 is 5.97 Å². The van der Waals surface area contributed by atoms with Gasteiger partial charge in [-0.15, -0.1) is 0 Å². The third kappa shape index (κ3) is 6.29. The number of anilines is 1.